The lowest BCUT2D eigenvalue weighted by molar-refractivity contribution is 0.167. The van der Waals surface area contributed by atoms with Crippen LogP contribution in [0.5, 0.6) is 0 Å². The van der Waals surface area contributed by atoms with Gasteiger partial charge < -0.3 is 0 Å². The molecule has 0 amide bonds. The molecule has 17 heavy (non-hydrogen) atoms. The maximum Gasteiger partial charge on any atom is 0.0328 e. The van der Waals surface area contributed by atoms with Gasteiger partial charge in [0.1, 0.15) is 0 Å². The Balaban J connectivity index is 1.85. The van der Waals surface area contributed by atoms with Crippen molar-refractivity contribution in [1.82, 2.24) is 4.90 Å². The zero-order valence-electron chi connectivity index (χ0n) is 10.6. The number of alkyl halides is 1. The van der Waals surface area contributed by atoms with E-state index in [0.717, 1.165) is 11.2 Å². The molecule has 0 N–H and O–H groups in total. The van der Waals surface area contributed by atoms with E-state index in [1.807, 2.05) is 11.3 Å². The number of likely N-dealkylation sites (tertiary alicyclic amines) is 1. The van der Waals surface area contributed by atoms with Crippen LogP contribution in [-0.2, 0) is 13.0 Å². The van der Waals surface area contributed by atoms with Gasteiger partial charge in [-0.05, 0) is 50.3 Å². The molecule has 1 aromatic rings. The topological polar surface area (TPSA) is 3.24 Å². The number of thiophene rings is 1. The summed E-state index contributed by atoms with van der Waals surface area (Å²) in [4.78, 5) is 5.71. The first kappa shape index (κ1) is 13.6. The lowest BCUT2D eigenvalue weighted by Crippen LogP contribution is -2.34. The minimum atomic E-state index is 0.911. The fourth-order valence-electron chi connectivity index (χ4n) is 2.60. The van der Waals surface area contributed by atoms with E-state index in [4.69, 9.17) is 0 Å². The Morgan fingerprint density at radius 1 is 1.41 bits per heavy atom. The first-order chi connectivity index (χ1) is 8.31. The van der Waals surface area contributed by atoms with Crippen molar-refractivity contribution in [2.75, 3.05) is 18.4 Å². The third-order valence-electron chi connectivity index (χ3n) is 3.57. The van der Waals surface area contributed by atoms with Gasteiger partial charge in [0.25, 0.3) is 0 Å². The van der Waals surface area contributed by atoms with Gasteiger partial charge in [-0.3, -0.25) is 4.90 Å². The van der Waals surface area contributed by atoms with E-state index in [9.17, 15) is 0 Å². The molecule has 1 aliphatic rings. The van der Waals surface area contributed by atoms with Crippen LogP contribution >= 0.6 is 27.3 Å². The van der Waals surface area contributed by atoms with Crippen LogP contribution in [0.15, 0.2) is 12.1 Å². The van der Waals surface area contributed by atoms with E-state index in [2.05, 4.69) is 39.9 Å². The van der Waals surface area contributed by atoms with Gasteiger partial charge in [-0.2, -0.15) is 0 Å². The summed E-state index contributed by atoms with van der Waals surface area (Å²) in [6.45, 7) is 6.00. The van der Waals surface area contributed by atoms with Gasteiger partial charge in [-0.25, -0.2) is 0 Å². The van der Waals surface area contributed by atoms with Gasteiger partial charge in [0.05, 0.1) is 0 Å². The second-order valence-electron chi connectivity index (χ2n) is 4.94. The zero-order chi connectivity index (χ0) is 12.1. The molecule has 1 fully saturated rings. The Bertz CT molecular complexity index is 335. The van der Waals surface area contributed by atoms with E-state index in [0.29, 0.717) is 0 Å². The maximum atomic E-state index is 3.57. The van der Waals surface area contributed by atoms with Crippen molar-refractivity contribution < 1.29 is 0 Å². The summed E-state index contributed by atoms with van der Waals surface area (Å²) in [5, 5.41) is 1.16. The van der Waals surface area contributed by atoms with Crippen molar-refractivity contribution in [1.29, 1.82) is 0 Å². The average molecular weight is 316 g/mol. The van der Waals surface area contributed by atoms with E-state index >= 15 is 0 Å². The molecule has 0 aliphatic carbocycles. The molecule has 96 valence electrons. The predicted molar refractivity (Wildman–Crippen MR) is 80.1 cm³/mol. The molecule has 0 aromatic carbocycles. The van der Waals surface area contributed by atoms with Crippen molar-refractivity contribution in [3.05, 3.63) is 21.9 Å². The highest BCUT2D eigenvalue weighted by Gasteiger charge is 2.19. The Morgan fingerprint density at radius 3 is 2.94 bits per heavy atom. The molecular weight excluding hydrogens is 294 g/mol. The third kappa shape index (κ3) is 4.08. The highest BCUT2D eigenvalue weighted by molar-refractivity contribution is 9.09. The van der Waals surface area contributed by atoms with E-state index in [1.165, 1.54) is 50.2 Å². The van der Waals surface area contributed by atoms with Crippen molar-refractivity contribution in [2.24, 2.45) is 5.92 Å². The third-order valence-corrected chi connectivity index (χ3v) is 5.24. The van der Waals surface area contributed by atoms with Crippen LogP contribution < -0.4 is 0 Å². The molecule has 1 nitrogen and oxygen atoms in total. The molecule has 3 heteroatoms. The Hall–Kier alpha value is 0.140. The molecule has 2 rings (SSSR count). The number of piperidine rings is 1. The van der Waals surface area contributed by atoms with E-state index < -0.39 is 0 Å². The maximum absolute atomic E-state index is 3.57. The van der Waals surface area contributed by atoms with E-state index in [-0.39, 0.29) is 0 Å². The molecule has 0 bridgehead atoms. The number of halogens is 1. The van der Waals surface area contributed by atoms with Crippen molar-refractivity contribution in [3.63, 3.8) is 0 Å². The molecular formula is C14H22BrNS. The summed E-state index contributed by atoms with van der Waals surface area (Å²) in [5.41, 5.74) is 0. The van der Waals surface area contributed by atoms with Gasteiger partial charge in [-0.1, -0.05) is 22.9 Å². The second kappa shape index (κ2) is 6.91. The van der Waals surface area contributed by atoms with Gasteiger partial charge in [0.15, 0.2) is 0 Å². The van der Waals surface area contributed by atoms with Crippen LogP contribution in [0.3, 0.4) is 0 Å². The largest absolute Gasteiger partial charge is 0.298 e. The number of hydrogen-bond donors (Lipinski definition) is 0. The van der Waals surface area contributed by atoms with Gasteiger partial charge in [-0.15, -0.1) is 11.3 Å². The summed E-state index contributed by atoms with van der Waals surface area (Å²) in [6, 6.07) is 4.61. The number of rotatable bonds is 5. The number of hydrogen-bond acceptors (Lipinski definition) is 2. The van der Waals surface area contributed by atoms with Crippen LogP contribution in [0.4, 0.5) is 0 Å². The monoisotopic (exact) mass is 315 g/mol. The number of nitrogens with zero attached hydrogens (tertiary/aromatic N) is 1. The standard InChI is InChI=1S/C14H22BrNS/c1-2-13-5-6-14(17-13)11-16-9-3-4-12(10-16)7-8-15/h5-6,12H,2-4,7-11H2,1H3. The summed E-state index contributed by atoms with van der Waals surface area (Å²) in [7, 11) is 0. The van der Waals surface area contributed by atoms with Gasteiger partial charge in [0, 0.05) is 28.2 Å². The van der Waals surface area contributed by atoms with Crippen LogP contribution in [0, 0.1) is 5.92 Å². The minimum absolute atomic E-state index is 0.911. The molecule has 0 spiro atoms. The van der Waals surface area contributed by atoms with Crippen LogP contribution in [0.2, 0.25) is 0 Å². The van der Waals surface area contributed by atoms with Gasteiger partial charge >= 0.3 is 0 Å². The second-order valence-corrected chi connectivity index (χ2v) is 6.99. The summed E-state index contributed by atoms with van der Waals surface area (Å²) >= 11 is 5.56. The lowest BCUT2D eigenvalue weighted by atomic mass is 9.96. The molecule has 1 atom stereocenters. The molecule has 1 unspecified atom stereocenters. The Labute approximate surface area is 117 Å². The van der Waals surface area contributed by atoms with Crippen molar-refractivity contribution in [3.8, 4) is 0 Å². The first-order valence-corrected chi connectivity index (χ1v) is 8.61. The summed E-state index contributed by atoms with van der Waals surface area (Å²) in [6.07, 6.45) is 5.31. The molecule has 1 aliphatic heterocycles. The van der Waals surface area contributed by atoms with E-state index in [1.54, 1.807) is 4.88 Å². The molecule has 1 aromatic heterocycles. The van der Waals surface area contributed by atoms with Gasteiger partial charge in [0.2, 0.25) is 0 Å². The fourth-order valence-corrected chi connectivity index (χ4v) is 4.25. The molecule has 0 saturated carbocycles. The van der Waals surface area contributed by atoms with Crippen LogP contribution in [0.1, 0.15) is 35.9 Å². The fraction of sp³-hybridized carbons (Fsp3) is 0.714. The Morgan fingerprint density at radius 2 is 2.24 bits per heavy atom. The normalized spacial score (nSPS) is 21.9. The lowest BCUT2D eigenvalue weighted by Gasteiger charge is -2.32. The molecule has 1 saturated heterocycles. The van der Waals surface area contributed by atoms with Crippen molar-refractivity contribution >= 4 is 27.3 Å². The van der Waals surface area contributed by atoms with Crippen LogP contribution in [0.25, 0.3) is 0 Å². The van der Waals surface area contributed by atoms with Crippen molar-refractivity contribution in [2.45, 2.75) is 39.2 Å². The molecule has 2 heterocycles. The first-order valence-electron chi connectivity index (χ1n) is 6.67. The summed E-state index contributed by atoms with van der Waals surface area (Å²) in [5.74, 6) is 0.911. The predicted octanol–water partition coefficient (Wildman–Crippen LogP) is 4.31. The smallest absolute Gasteiger partial charge is 0.0328 e. The Kier molecular flexibility index (Phi) is 5.51. The molecule has 0 radical (unpaired) electrons. The highest BCUT2D eigenvalue weighted by atomic mass is 79.9. The zero-order valence-corrected chi connectivity index (χ0v) is 13.0. The SMILES string of the molecule is CCc1ccc(CN2CCCC(CCBr)C2)s1. The number of aryl methyl sites for hydroxylation is 1. The average Bonchev–Trinajstić information content (AvgIpc) is 2.78. The summed E-state index contributed by atoms with van der Waals surface area (Å²) < 4.78 is 0. The quantitative estimate of drug-likeness (QED) is 0.732. The van der Waals surface area contributed by atoms with Crippen LogP contribution in [-0.4, -0.2) is 23.3 Å². The minimum Gasteiger partial charge on any atom is -0.298 e. The highest BCUT2D eigenvalue weighted by Crippen LogP contribution is 2.24.